The third-order valence-corrected chi connectivity index (χ3v) is 2.86. The summed E-state index contributed by atoms with van der Waals surface area (Å²) >= 11 is -0.927. The van der Waals surface area contributed by atoms with E-state index in [0.29, 0.717) is 12.1 Å². The summed E-state index contributed by atoms with van der Waals surface area (Å²) in [5, 5.41) is 17.4. The number of carbonyl (C=O) groups is 1. The molecule has 0 saturated heterocycles. The summed E-state index contributed by atoms with van der Waals surface area (Å²) in [5.41, 5.74) is -7.61. The summed E-state index contributed by atoms with van der Waals surface area (Å²) in [7, 11) is 0. The minimum Gasteiger partial charge on any atom is -0.478 e. The average molecular weight is 297 g/mol. The van der Waals surface area contributed by atoms with Crippen molar-refractivity contribution >= 4 is 17.7 Å². The molecule has 0 aromatic heterocycles. The Morgan fingerprint density at radius 3 is 2.32 bits per heavy atom. The van der Waals surface area contributed by atoms with Crippen LogP contribution in [0.2, 0.25) is 0 Å². The number of hydrogen-bond donors (Lipinski definition) is 1. The van der Waals surface area contributed by atoms with Crippen LogP contribution in [-0.4, -0.2) is 16.6 Å². The third-order valence-electron chi connectivity index (χ3n) is 1.98. The van der Waals surface area contributed by atoms with Gasteiger partial charge in [0.15, 0.2) is 0 Å². The fraction of sp³-hybridized carbons (Fsp3) is 0.200. The SMILES string of the molecule is N#Cc1c(C(=O)O)ccc(C(F)F)c1SC(F)(F)F. The zero-order valence-corrected chi connectivity index (χ0v) is 9.65. The van der Waals surface area contributed by atoms with Crippen molar-refractivity contribution in [2.75, 3.05) is 0 Å². The Morgan fingerprint density at radius 1 is 1.37 bits per heavy atom. The first-order valence-electron chi connectivity index (χ1n) is 4.51. The van der Waals surface area contributed by atoms with E-state index in [4.69, 9.17) is 10.4 Å². The van der Waals surface area contributed by atoms with Crippen LogP contribution in [0, 0.1) is 11.3 Å². The van der Waals surface area contributed by atoms with Gasteiger partial charge in [0.05, 0.1) is 11.1 Å². The first kappa shape index (κ1) is 15.2. The standard InChI is InChI=1S/C10H4F5NO2S/c11-8(12)5-2-1-4(9(17)18)6(3-16)7(5)19-10(13,14)15/h1-2,8H,(H,17,18). The maximum Gasteiger partial charge on any atom is 0.446 e. The Morgan fingerprint density at radius 2 is 1.95 bits per heavy atom. The Bertz CT molecular complexity index is 550. The number of aromatic carboxylic acids is 1. The summed E-state index contributed by atoms with van der Waals surface area (Å²) in [4.78, 5) is 9.67. The second-order valence-electron chi connectivity index (χ2n) is 3.17. The van der Waals surface area contributed by atoms with Gasteiger partial charge < -0.3 is 5.11 Å². The van der Waals surface area contributed by atoms with E-state index in [1.165, 1.54) is 6.07 Å². The van der Waals surface area contributed by atoms with Crippen LogP contribution in [0.4, 0.5) is 22.0 Å². The number of rotatable bonds is 3. The Hall–Kier alpha value is -1.82. The van der Waals surface area contributed by atoms with E-state index >= 15 is 0 Å². The Kier molecular flexibility index (Phi) is 4.36. The highest BCUT2D eigenvalue weighted by Crippen LogP contribution is 2.43. The minimum absolute atomic E-state index is 0.572. The molecule has 1 aromatic carbocycles. The zero-order valence-electron chi connectivity index (χ0n) is 8.83. The molecule has 0 radical (unpaired) electrons. The molecule has 0 spiro atoms. The number of carboxylic acids is 1. The second-order valence-corrected chi connectivity index (χ2v) is 4.25. The first-order valence-corrected chi connectivity index (χ1v) is 5.33. The smallest absolute Gasteiger partial charge is 0.446 e. The second kappa shape index (κ2) is 5.44. The van der Waals surface area contributed by atoms with Crippen molar-refractivity contribution in [2.24, 2.45) is 0 Å². The number of thioether (sulfide) groups is 1. The monoisotopic (exact) mass is 297 g/mol. The topological polar surface area (TPSA) is 61.1 Å². The number of nitrogens with zero attached hydrogens (tertiary/aromatic N) is 1. The number of halogens is 5. The number of nitriles is 1. The number of hydrogen-bond acceptors (Lipinski definition) is 3. The van der Waals surface area contributed by atoms with E-state index in [-0.39, 0.29) is 0 Å². The van der Waals surface area contributed by atoms with E-state index in [1.807, 2.05) is 0 Å². The van der Waals surface area contributed by atoms with Gasteiger partial charge in [-0.2, -0.15) is 18.4 Å². The summed E-state index contributed by atoms with van der Waals surface area (Å²) in [6.45, 7) is 0. The fourth-order valence-electron chi connectivity index (χ4n) is 1.29. The van der Waals surface area contributed by atoms with Gasteiger partial charge >= 0.3 is 11.5 Å². The molecular weight excluding hydrogens is 293 g/mol. The lowest BCUT2D eigenvalue weighted by Crippen LogP contribution is -2.08. The molecule has 1 N–H and O–H groups in total. The number of benzene rings is 1. The van der Waals surface area contributed by atoms with Crippen LogP contribution >= 0.6 is 11.8 Å². The van der Waals surface area contributed by atoms with Crippen LogP contribution < -0.4 is 0 Å². The molecule has 1 rings (SSSR count). The van der Waals surface area contributed by atoms with Crippen molar-refractivity contribution in [1.82, 2.24) is 0 Å². The molecule has 0 aliphatic heterocycles. The van der Waals surface area contributed by atoms with Crippen molar-refractivity contribution in [3.8, 4) is 6.07 Å². The van der Waals surface area contributed by atoms with E-state index in [2.05, 4.69) is 0 Å². The fourth-order valence-corrected chi connectivity index (χ4v) is 2.05. The van der Waals surface area contributed by atoms with Crippen LogP contribution in [0.1, 0.15) is 27.9 Å². The van der Waals surface area contributed by atoms with Crippen molar-refractivity contribution < 1.29 is 31.9 Å². The van der Waals surface area contributed by atoms with Crippen LogP contribution in [0.15, 0.2) is 17.0 Å². The van der Waals surface area contributed by atoms with Crippen molar-refractivity contribution in [2.45, 2.75) is 16.8 Å². The lowest BCUT2D eigenvalue weighted by molar-refractivity contribution is -0.0329. The van der Waals surface area contributed by atoms with Gasteiger partial charge in [-0.3, -0.25) is 0 Å². The highest BCUT2D eigenvalue weighted by molar-refractivity contribution is 8.00. The molecule has 0 atom stereocenters. The molecule has 0 saturated carbocycles. The predicted molar refractivity (Wildman–Crippen MR) is 55.0 cm³/mol. The maximum atomic E-state index is 12.6. The molecule has 0 aliphatic carbocycles. The highest BCUT2D eigenvalue weighted by Gasteiger charge is 2.34. The van der Waals surface area contributed by atoms with Crippen LogP contribution in [0.25, 0.3) is 0 Å². The summed E-state index contributed by atoms with van der Waals surface area (Å²) in [6, 6.07) is 2.48. The molecule has 0 fully saturated rings. The van der Waals surface area contributed by atoms with Gasteiger partial charge in [0.1, 0.15) is 6.07 Å². The van der Waals surface area contributed by atoms with Gasteiger partial charge in [0.2, 0.25) is 0 Å². The van der Waals surface area contributed by atoms with Crippen molar-refractivity contribution in [3.05, 3.63) is 28.8 Å². The summed E-state index contributed by atoms with van der Waals surface area (Å²) in [5.74, 6) is -1.67. The predicted octanol–water partition coefficient (Wildman–Crippen LogP) is 3.81. The van der Waals surface area contributed by atoms with Gasteiger partial charge in [-0.1, -0.05) is 6.07 Å². The van der Waals surface area contributed by atoms with E-state index in [1.54, 1.807) is 0 Å². The van der Waals surface area contributed by atoms with Crippen LogP contribution in [0.3, 0.4) is 0 Å². The highest BCUT2D eigenvalue weighted by atomic mass is 32.2. The molecule has 0 unspecified atom stereocenters. The molecule has 19 heavy (non-hydrogen) atoms. The number of alkyl halides is 5. The van der Waals surface area contributed by atoms with Crippen molar-refractivity contribution in [1.29, 1.82) is 5.26 Å². The molecule has 9 heteroatoms. The van der Waals surface area contributed by atoms with Gasteiger partial charge in [0, 0.05) is 10.5 Å². The van der Waals surface area contributed by atoms with Crippen LogP contribution in [-0.2, 0) is 0 Å². The molecule has 102 valence electrons. The Balaban J connectivity index is 3.56. The van der Waals surface area contributed by atoms with Gasteiger partial charge in [0.25, 0.3) is 6.43 Å². The van der Waals surface area contributed by atoms with Crippen molar-refractivity contribution in [3.63, 3.8) is 0 Å². The zero-order chi connectivity index (χ0) is 14.8. The lowest BCUT2D eigenvalue weighted by atomic mass is 10.0. The molecule has 0 heterocycles. The van der Waals surface area contributed by atoms with E-state index in [0.717, 1.165) is 0 Å². The quantitative estimate of drug-likeness (QED) is 0.681. The van der Waals surface area contributed by atoms with Crippen LogP contribution in [0.5, 0.6) is 0 Å². The first-order chi connectivity index (χ1) is 8.67. The molecule has 0 bridgehead atoms. The van der Waals surface area contributed by atoms with Gasteiger partial charge in [-0.25, -0.2) is 13.6 Å². The summed E-state index contributed by atoms with van der Waals surface area (Å²) < 4.78 is 62.1. The molecule has 0 aliphatic rings. The average Bonchev–Trinajstić information content (AvgIpc) is 2.25. The third kappa shape index (κ3) is 3.57. The molecular formula is C10H4F5NO2S. The Labute approximate surface area is 107 Å². The lowest BCUT2D eigenvalue weighted by Gasteiger charge is -2.13. The normalized spacial score (nSPS) is 11.4. The van der Waals surface area contributed by atoms with E-state index < -0.39 is 51.3 Å². The minimum atomic E-state index is -4.91. The van der Waals surface area contributed by atoms with E-state index in [9.17, 15) is 26.7 Å². The summed E-state index contributed by atoms with van der Waals surface area (Å²) in [6.07, 6.45) is -3.25. The van der Waals surface area contributed by atoms with Gasteiger partial charge in [-0.05, 0) is 17.8 Å². The molecule has 0 amide bonds. The number of carboxylic acid groups (broad SMARTS) is 1. The molecule has 1 aromatic rings. The van der Waals surface area contributed by atoms with Gasteiger partial charge in [-0.15, -0.1) is 0 Å². The largest absolute Gasteiger partial charge is 0.478 e. The maximum absolute atomic E-state index is 12.6. The molecule has 3 nitrogen and oxygen atoms in total.